The van der Waals surface area contributed by atoms with Crippen LogP contribution in [0.3, 0.4) is 0 Å². The predicted molar refractivity (Wildman–Crippen MR) is 65.7 cm³/mol. The Bertz CT molecular complexity index is 818. The van der Waals surface area contributed by atoms with E-state index in [4.69, 9.17) is 5.14 Å². The average Bonchev–Trinajstić information content (AvgIpc) is 2.77. The van der Waals surface area contributed by atoms with Crippen molar-refractivity contribution < 1.29 is 22.1 Å². The van der Waals surface area contributed by atoms with E-state index in [0.717, 1.165) is 23.0 Å². The molecule has 0 saturated heterocycles. The lowest BCUT2D eigenvalue weighted by atomic mass is 10.2. The molecule has 1 aromatic heterocycles. The van der Waals surface area contributed by atoms with E-state index in [0.29, 0.717) is 6.07 Å². The van der Waals surface area contributed by atoms with E-state index < -0.39 is 37.3 Å². The van der Waals surface area contributed by atoms with Gasteiger partial charge in [-0.1, -0.05) is 6.07 Å². The van der Waals surface area contributed by atoms with Crippen LogP contribution in [0.25, 0.3) is 0 Å². The zero-order valence-corrected chi connectivity index (χ0v) is 11.0. The van der Waals surface area contributed by atoms with Crippen LogP contribution in [-0.2, 0) is 16.6 Å². The Morgan fingerprint density at radius 3 is 2.52 bits per heavy atom. The van der Waals surface area contributed by atoms with Crippen molar-refractivity contribution in [2.45, 2.75) is 11.4 Å². The summed E-state index contributed by atoms with van der Waals surface area (Å²) in [6.07, 6.45) is 0.816. The molecule has 0 aliphatic heterocycles. The molecule has 0 atom stereocenters. The van der Waals surface area contributed by atoms with Gasteiger partial charge in [-0.25, -0.2) is 22.3 Å². The van der Waals surface area contributed by atoms with Crippen molar-refractivity contribution >= 4 is 15.8 Å². The molecule has 0 aliphatic carbocycles. The smallest absolute Gasteiger partial charge is 0.358 e. The lowest BCUT2D eigenvalue weighted by Gasteiger charge is -2.00. The first-order valence-electron chi connectivity index (χ1n) is 5.37. The van der Waals surface area contributed by atoms with Gasteiger partial charge in [-0.05, 0) is 11.0 Å². The van der Waals surface area contributed by atoms with E-state index in [1.54, 1.807) is 0 Å². The Hall–Kier alpha value is -2.40. The van der Waals surface area contributed by atoms with Gasteiger partial charge in [-0.15, -0.1) is 0 Å². The van der Waals surface area contributed by atoms with E-state index in [2.05, 4.69) is 5.10 Å². The number of primary sulfonamides is 1. The first kappa shape index (κ1) is 15.0. The Labute approximate surface area is 117 Å². The highest BCUT2D eigenvalue weighted by Gasteiger charge is 2.29. The van der Waals surface area contributed by atoms with Crippen molar-refractivity contribution in [1.29, 1.82) is 0 Å². The molecular formula is C10H8F2N4O4S. The van der Waals surface area contributed by atoms with Gasteiger partial charge in [0.25, 0.3) is 0 Å². The Morgan fingerprint density at radius 1 is 1.38 bits per heavy atom. The summed E-state index contributed by atoms with van der Waals surface area (Å²) >= 11 is 0. The van der Waals surface area contributed by atoms with Crippen LogP contribution in [0, 0.1) is 21.7 Å². The number of nitrogens with zero attached hydrogens (tertiary/aromatic N) is 3. The van der Waals surface area contributed by atoms with E-state index in [1.807, 2.05) is 0 Å². The number of aromatic nitrogens is 2. The topological polar surface area (TPSA) is 121 Å². The molecule has 0 amide bonds. The van der Waals surface area contributed by atoms with Crippen LogP contribution in [0.1, 0.15) is 5.56 Å². The third kappa shape index (κ3) is 3.20. The molecule has 11 heteroatoms. The van der Waals surface area contributed by atoms with Gasteiger partial charge < -0.3 is 10.1 Å². The third-order valence-corrected chi connectivity index (χ3v) is 3.44. The molecular weight excluding hydrogens is 310 g/mol. The highest BCUT2D eigenvalue weighted by Crippen LogP contribution is 2.21. The zero-order valence-electron chi connectivity index (χ0n) is 10.2. The second kappa shape index (κ2) is 5.18. The number of benzene rings is 1. The predicted octanol–water partition coefficient (Wildman–Crippen LogP) is 0.765. The van der Waals surface area contributed by atoms with Gasteiger partial charge in [0.2, 0.25) is 14.9 Å². The third-order valence-electron chi connectivity index (χ3n) is 2.54. The van der Waals surface area contributed by atoms with Crippen molar-refractivity contribution in [1.82, 2.24) is 9.78 Å². The molecule has 112 valence electrons. The fourth-order valence-electron chi connectivity index (χ4n) is 1.63. The summed E-state index contributed by atoms with van der Waals surface area (Å²) in [5, 5.41) is 19.0. The van der Waals surface area contributed by atoms with Crippen LogP contribution in [0.4, 0.5) is 14.6 Å². The number of nitro groups is 1. The summed E-state index contributed by atoms with van der Waals surface area (Å²) in [6, 6.07) is 2.75. The van der Waals surface area contributed by atoms with Crippen molar-refractivity contribution in [2.75, 3.05) is 0 Å². The normalized spacial score (nSPS) is 11.6. The maximum atomic E-state index is 13.5. The van der Waals surface area contributed by atoms with Crippen molar-refractivity contribution in [3.05, 3.63) is 51.7 Å². The van der Waals surface area contributed by atoms with E-state index in [-0.39, 0.29) is 12.1 Å². The first-order chi connectivity index (χ1) is 9.68. The fraction of sp³-hybridized carbons (Fsp3) is 0.100. The maximum Gasteiger partial charge on any atom is 0.410 e. The van der Waals surface area contributed by atoms with Crippen LogP contribution in [-0.4, -0.2) is 23.1 Å². The number of rotatable bonds is 4. The van der Waals surface area contributed by atoms with Gasteiger partial charge in [-0.3, -0.25) is 0 Å². The molecule has 2 aromatic rings. The van der Waals surface area contributed by atoms with Gasteiger partial charge in [0.1, 0.15) is 11.6 Å². The summed E-state index contributed by atoms with van der Waals surface area (Å²) < 4.78 is 49.6. The van der Waals surface area contributed by atoms with Crippen molar-refractivity contribution in [2.24, 2.45) is 5.14 Å². The minimum Gasteiger partial charge on any atom is -0.358 e. The SMILES string of the molecule is NS(=O)(=O)c1cn(Cc2ccc(F)cc2F)nc1[N+](=O)[O-]. The molecule has 8 nitrogen and oxygen atoms in total. The highest BCUT2D eigenvalue weighted by molar-refractivity contribution is 7.89. The molecule has 0 bridgehead atoms. The molecule has 2 rings (SSSR count). The Morgan fingerprint density at radius 2 is 2.05 bits per heavy atom. The lowest BCUT2D eigenvalue weighted by Crippen LogP contribution is -2.13. The minimum absolute atomic E-state index is 0.0187. The van der Waals surface area contributed by atoms with Gasteiger partial charge >= 0.3 is 5.82 Å². The van der Waals surface area contributed by atoms with Crippen LogP contribution >= 0.6 is 0 Å². The maximum absolute atomic E-state index is 13.5. The number of nitrogens with two attached hydrogens (primary N) is 1. The molecule has 0 spiro atoms. The van der Waals surface area contributed by atoms with Crippen LogP contribution in [0.2, 0.25) is 0 Å². The van der Waals surface area contributed by atoms with Gasteiger partial charge in [0.15, 0.2) is 0 Å². The fourth-order valence-corrected chi connectivity index (χ4v) is 2.26. The molecule has 1 aromatic carbocycles. The molecule has 21 heavy (non-hydrogen) atoms. The number of hydrogen-bond donors (Lipinski definition) is 1. The number of hydrogen-bond acceptors (Lipinski definition) is 5. The quantitative estimate of drug-likeness (QED) is 0.659. The van der Waals surface area contributed by atoms with Crippen molar-refractivity contribution in [3.8, 4) is 0 Å². The first-order valence-corrected chi connectivity index (χ1v) is 6.91. The summed E-state index contributed by atoms with van der Waals surface area (Å²) in [6.45, 7) is -0.317. The molecule has 0 unspecified atom stereocenters. The summed E-state index contributed by atoms with van der Waals surface area (Å²) in [5.74, 6) is -2.63. The van der Waals surface area contributed by atoms with Gasteiger partial charge in [0, 0.05) is 11.6 Å². The Kier molecular flexibility index (Phi) is 3.70. The molecule has 0 aliphatic rings. The Balaban J connectivity index is 2.44. The van der Waals surface area contributed by atoms with E-state index in [1.165, 1.54) is 0 Å². The van der Waals surface area contributed by atoms with E-state index in [9.17, 15) is 27.3 Å². The average molecular weight is 318 g/mol. The van der Waals surface area contributed by atoms with Crippen LogP contribution < -0.4 is 5.14 Å². The van der Waals surface area contributed by atoms with Crippen LogP contribution in [0.5, 0.6) is 0 Å². The molecule has 0 saturated carbocycles. The lowest BCUT2D eigenvalue weighted by molar-refractivity contribution is -0.392. The summed E-state index contributed by atoms with van der Waals surface area (Å²) in [4.78, 5) is 8.93. The monoisotopic (exact) mass is 318 g/mol. The number of halogens is 2. The van der Waals surface area contributed by atoms with Crippen molar-refractivity contribution in [3.63, 3.8) is 0 Å². The van der Waals surface area contributed by atoms with E-state index >= 15 is 0 Å². The highest BCUT2D eigenvalue weighted by atomic mass is 32.2. The minimum atomic E-state index is -4.35. The second-order valence-corrected chi connectivity index (χ2v) is 5.58. The summed E-state index contributed by atoms with van der Waals surface area (Å²) in [7, 11) is -4.35. The second-order valence-electron chi connectivity index (χ2n) is 4.05. The van der Waals surface area contributed by atoms with Gasteiger partial charge in [-0.2, -0.15) is 4.68 Å². The van der Waals surface area contributed by atoms with Gasteiger partial charge in [0.05, 0.1) is 17.8 Å². The largest absolute Gasteiger partial charge is 0.410 e. The molecule has 0 fully saturated rings. The molecule has 0 radical (unpaired) electrons. The molecule has 1 heterocycles. The molecule has 2 N–H and O–H groups in total. The summed E-state index contributed by atoms with van der Waals surface area (Å²) in [5.41, 5.74) is -0.0187. The zero-order chi connectivity index (χ0) is 15.8. The van der Waals surface area contributed by atoms with Crippen LogP contribution in [0.15, 0.2) is 29.3 Å². The number of sulfonamides is 1. The standard InChI is InChI=1S/C10H8F2N4O4S/c11-7-2-1-6(8(12)3-7)4-15-5-9(21(13,19)20)10(14-15)16(17)18/h1-3,5H,4H2,(H2,13,19,20).